The molecular weight excluding hydrogens is 566 g/mol. The number of rotatable bonds is 7. The Labute approximate surface area is 242 Å². The molecule has 1 aromatic heterocycles. The monoisotopic (exact) mass is 589 g/mol. The van der Waals surface area contributed by atoms with Gasteiger partial charge >= 0.3 is 4.87 Å². The Morgan fingerprint density at radius 3 is 2.49 bits per heavy atom. The number of hydrogen-bond donors (Lipinski definition) is 1. The van der Waals surface area contributed by atoms with Crippen molar-refractivity contribution in [1.29, 1.82) is 0 Å². The second-order valence-electron chi connectivity index (χ2n) is 9.72. The lowest BCUT2D eigenvalue weighted by Gasteiger charge is -2.30. The number of thiazole rings is 1. The van der Waals surface area contributed by atoms with Gasteiger partial charge in [0.1, 0.15) is 11.9 Å². The Bertz CT molecular complexity index is 1750. The molecule has 2 amide bonds. The number of methoxy groups -OCH3 is 1. The summed E-state index contributed by atoms with van der Waals surface area (Å²) in [6.45, 7) is 2.35. The standard InChI is InChI=1S/C29H23N3O7S2/c1-15-4-3-5-16(12-15)14-39-20-11-6-17(13-21(20)38-2)22-23-25(40-26-24(22)41-29(35)30-26)28(34)31(27(23)33)18-7-9-19(10-8-18)32(36)37/h3-13,22-23,25H,14H2,1-2H3,(H,30,35). The van der Waals surface area contributed by atoms with Crippen LogP contribution in [-0.4, -0.2) is 34.1 Å². The number of H-pyrrole nitrogens is 1. The van der Waals surface area contributed by atoms with E-state index < -0.39 is 33.8 Å². The lowest BCUT2D eigenvalue weighted by molar-refractivity contribution is -0.384. The van der Waals surface area contributed by atoms with Crippen LogP contribution in [0.3, 0.4) is 0 Å². The van der Waals surface area contributed by atoms with Crippen molar-refractivity contribution < 1.29 is 24.0 Å². The van der Waals surface area contributed by atoms with Crippen molar-refractivity contribution in [3.8, 4) is 11.5 Å². The number of imide groups is 1. The van der Waals surface area contributed by atoms with Gasteiger partial charge in [-0.15, -0.1) is 0 Å². The van der Waals surface area contributed by atoms with E-state index in [0.29, 0.717) is 33.6 Å². The minimum absolute atomic E-state index is 0.144. The molecule has 1 saturated heterocycles. The Morgan fingerprint density at radius 1 is 1.00 bits per heavy atom. The summed E-state index contributed by atoms with van der Waals surface area (Å²) < 4.78 is 11.7. The number of carbonyl (C=O) groups excluding carboxylic acids is 2. The van der Waals surface area contributed by atoms with E-state index in [2.05, 4.69) is 4.98 Å². The zero-order valence-corrected chi connectivity index (χ0v) is 23.5. The highest BCUT2D eigenvalue weighted by Crippen LogP contribution is 2.53. The maximum Gasteiger partial charge on any atom is 0.305 e. The summed E-state index contributed by atoms with van der Waals surface area (Å²) in [5.41, 5.74) is 2.94. The number of hydrogen-bond acceptors (Lipinski definition) is 9. The lowest BCUT2D eigenvalue weighted by atomic mass is 9.83. The Morgan fingerprint density at radius 2 is 1.78 bits per heavy atom. The number of thioether (sulfide) groups is 1. The third kappa shape index (κ3) is 4.78. The van der Waals surface area contributed by atoms with Crippen LogP contribution < -0.4 is 19.2 Å². The van der Waals surface area contributed by atoms with Crippen LogP contribution in [0.25, 0.3) is 0 Å². The van der Waals surface area contributed by atoms with Gasteiger partial charge in [-0.25, -0.2) is 4.90 Å². The van der Waals surface area contributed by atoms with E-state index in [1.54, 1.807) is 12.1 Å². The number of anilines is 1. The summed E-state index contributed by atoms with van der Waals surface area (Å²) in [7, 11) is 1.53. The van der Waals surface area contributed by atoms with Gasteiger partial charge in [-0.1, -0.05) is 59.0 Å². The van der Waals surface area contributed by atoms with Gasteiger partial charge < -0.3 is 14.5 Å². The predicted octanol–water partition coefficient (Wildman–Crippen LogP) is 5.04. The third-order valence-electron chi connectivity index (χ3n) is 7.17. The molecule has 10 nitrogen and oxygen atoms in total. The molecule has 3 heterocycles. The molecule has 0 radical (unpaired) electrons. The zero-order valence-electron chi connectivity index (χ0n) is 21.9. The topological polar surface area (TPSA) is 132 Å². The number of aromatic amines is 1. The average molecular weight is 590 g/mol. The quantitative estimate of drug-likeness (QED) is 0.180. The van der Waals surface area contributed by atoms with Crippen LogP contribution in [0.2, 0.25) is 0 Å². The maximum absolute atomic E-state index is 13.9. The first kappa shape index (κ1) is 26.8. The molecule has 0 bridgehead atoms. The van der Waals surface area contributed by atoms with Crippen LogP contribution in [-0.2, 0) is 16.2 Å². The first-order chi connectivity index (χ1) is 19.7. The van der Waals surface area contributed by atoms with Crippen molar-refractivity contribution in [2.75, 3.05) is 12.0 Å². The van der Waals surface area contributed by atoms with Crippen molar-refractivity contribution in [1.82, 2.24) is 4.98 Å². The summed E-state index contributed by atoms with van der Waals surface area (Å²) in [5.74, 6) is -1.30. The van der Waals surface area contributed by atoms with Gasteiger partial charge in [0.05, 0.1) is 28.7 Å². The number of amides is 2. The minimum Gasteiger partial charge on any atom is -0.493 e. The molecule has 3 aromatic carbocycles. The molecule has 4 aromatic rings. The molecule has 3 atom stereocenters. The Balaban J connectivity index is 1.36. The number of carbonyl (C=O) groups is 2. The number of aromatic nitrogens is 1. The highest BCUT2D eigenvalue weighted by atomic mass is 32.2. The predicted molar refractivity (Wildman–Crippen MR) is 154 cm³/mol. The molecule has 0 spiro atoms. The van der Waals surface area contributed by atoms with Gasteiger partial charge in [0.25, 0.3) is 5.69 Å². The van der Waals surface area contributed by atoms with E-state index in [-0.39, 0.29) is 16.2 Å². The van der Waals surface area contributed by atoms with E-state index in [1.807, 2.05) is 37.3 Å². The van der Waals surface area contributed by atoms with Crippen molar-refractivity contribution in [2.45, 2.75) is 29.7 Å². The maximum atomic E-state index is 13.9. The van der Waals surface area contributed by atoms with E-state index in [1.165, 1.54) is 31.4 Å². The van der Waals surface area contributed by atoms with Crippen LogP contribution in [0.15, 0.2) is 76.6 Å². The second-order valence-corrected chi connectivity index (χ2v) is 11.9. The molecule has 1 fully saturated rings. The molecule has 41 heavy (non-hydrogen) atoms. The molecule has 1 N–H and O–H groups in total. The van der Waals surface area contributed by atoms with E-state index >= 15 is 0 Å². The number of nitrogens with one attached hydrogen (secondary N) is 1. The van der Waals surface area contributed by atoms with Crippen molar-refractivity contribution in [3.05, 3.63) is 108 Å². The van der Waals surface area contributed by atoms with Crippen molar-refractivity contribution in [3.63, 3.8) is 0 Å². The van der Waals surface area contributed by atoms with Crippen LogP contribution in [0.4, 0.5) is 11.4 Å². The number of aryl methyl sites for hydroxylation is 1. The molecule has 2 aliphatic heterocycles. The van der Waals surface area contributed by atoms with Crippen LogP contribution in [0.5, 0.6) is 11.5 Å². The normalized spacial score (nSPS) is 19.6. The molecule has 6 rings (SSSR count). The highest BCUT2D eigenvalue weighted by molar-refractivity contribution is 8.00. The number of nitrogens with zero attached hydrogens (tertiary/aromatic N) is 2. The number of fused-ring (bicyclic) bond motifs is 2. The minimum atomic E-state index is -0.801. The molecule has 12 heteroatoms. The lowest BCUT2D eigenvalue weighted by Crippen LogP contribution is -2.32. The van der Waals surface area contributed by atoms with Gasteiger partial charge in [-0.3, -0.25) is 24.5 Å². The summed E-state index contributed by atoms with van der Waals surface area (Å²) in [6, 6.07) is 18.7. The van der Waals surface area contributed by atoms with E-state index in [9.17, 15) is 24.5 Å². The fourth-order valence-electron chi connectivity index (χ4n) is 5.31. The number of ether oxygens (including phenoxy) is 2. The number of non-ortho nitro benzene ring substituents is 1. The molecule has 2 aliphatic rings. The van der Waals surface area contributed by atoms with E-state index in [0.717, 1.165) is 39.1 Å². The average Bonchev–Trinajstić information content (AvgIpc) is 3.46. The molecule has 208 valence electrons. The van der Waals surface area contributed by atoms with Crippen molar-refractivity contribution >= 4 is 46.3 Å². The fourth-order valence-corrected chi connectivity index (χ4v) is 7.83. The SMILES string of the molecule is COc1cc(C2c3sc(=O)[nH]c3SC3C(=O)N(c4ccc([N+](=O)[O-])cc4)C(=O)C32)ccc1OCc1cccc(C)c1. The summed E-state index contributed by atoms with van der Waals surface area (Å²) in [5, 5.41) is 10.9. The van der Waals surface area contributed by atoms with Crippen molar-refractivity contribution in [2.24, 2.45) is 5.92 Å². The summed E-state index contributed by atoms with van der Waals surface area (Å²) >= 11 is 2.18. The Kier molecular flexibility index (Phi) is 6.88. The van der Waals surface area contributed by atoms with Gasteiger partial charge in [0, 0.05) is 22.9 Å². The van der Waals surface area contributed by atoms with Gasteiger partial charge in [0.2, 0.25) is 11.8 Å². The third-order valence-corrected chi connectivity index (χ3v) is 9.57. The first-order valence-electron chi connectivity index (χ1n) is 12.6. The van der Waals surface area contributed by atoms with Crippen LogP contribution >= 0.6 is 23.1 Å². The largest absolute Gasteiger partial charge is 0.493 e. The second kappa shape index (κ2) is 10.5. The molecule has 0 saturated carbocycles. The van der Waals surface area contributed by atoms with Crippen LogP contribution in [0.1, 0.15) is 27.5 Å². The van der Waals surface area contributed by atoms with Crippen LogP contribution in [0, 0.1) is 23.0 Å². The first-order valence-corrected chi connectivity index (χ1v) is 14.3. The van der Waals surface area contributed by atoms with Gasteiger partial charge in [-0.2, -0.15) is 0 Å². The molecular formula is C29H23N3O7S2. The number of nitro groups is 1. The van der Waals surface area contributed by atoms with Gasteiger partial charge in [0.15, 0.2) is 11.5 Å². The number of nitro benzene ring substituents is 1. The summed E-state index contributed by atoms with van der Waals surface area (Å²) in [4.78, 5) is 54.7. The molecule has 0 aliphatic carbocycles. The fraction of sp³-hybridized carbons (Fsp3) is 0.207. The summed E-state index contributed by atoms with van der Waals surface area (Å²) in [6.07, 6.45) is 0. The molecule has 3 unspecified atom stereocenters. The highest BCUT2D eigenvalue weighted by Gasteiger charge is 2.56. The zero-order chi connectivity index (χ0) is 28.8. The number of benzene rings is 3. The smallest absolute Gasteiger partial charge is 0.305 e. The van der Waals surface area contributed by atoms with Gasteiger partial charge in [-0.05, 0) is 42.3 Å². The van der Waals surface area contributed by atoms with E-state index in [4.69, 9.17) is 9.47 Å². The Hall–Kier alpha value is -4.42.